The zero-order chi connectivity index (χ0) is 10.7. The Morgan fingerprint density at radius 1 is 1.33 bits per heavy atom. The molecule has 3 nitrogen and oxygen atoms in total. The molecule has 0 radical (unpaired) electrons. The predicted octanol–water partition coefficient (Wildman–Crippen LogP) is 2.14. The van der Waals surface area contributed by atoms with Crippen molar-refractivity contribution in [1.29, 1.82) is 0 Å². The Balaban J connectivity index is 2.03. The van der Waals surface area contributed by atoms with E-state index in [2.05, 4.69) is 0 Å². The monoisotopic (exact) mass is 207 g/mol. The van der Waals surface area contributed by atoms with Crippen LogP contribution in [-0.2, 0) is 4.74 Å². The fourth-order valence-corrected chi connectivity index (χ4v) is 1.78. The zero-order valence-electron chi connectivity index (χ0n) is 9.03. The van der Waals surface area contributed by atoms with Crippen molar-refractivity contribution in [3.63, 3.8) is 0 Å². The quantitative estimate of drug-likeness (QED) is 0.755. The lowest BCUT2D eigenvalue weighted by atomic mass is 10.1. The molecule has 0 aromatic heterocycles. The average Bonchev–Trinajstić information content (AvgIpc) is 2.24. The van der Waals surface area contributed by atoms with Crippen LogP contribution in [0, 0.1) is 6.92 Å². The van der Waals surface area contributed by atoms with Gasteiger partial charge in [0, 0.05) is 18.5 Å². The van der Waals surface area contributed by atoms with Gasteiger partial charge in [-0.05, 0) is 30.7 Å². The zero-order valence-corrected chi connectivity index (χ0v) is 9.03. The standard InChI is InChI=1S/C12H17NO2/c1-9-8-10(13)2-3-12(9)15-11-4-6-14-7-5-11/h2-3,8,11H,4-7,13H2,1H3. The second-order valence-corrected chi connectivity index (χ2v) is 3.95. The summed E-state index contributed by atoms with van der Waals surface area (Å²) in [5, 5.41) is 0. The normalized spacial score (nSPS) is 17.7. The number of rotatable bonds is 2. The van der Waals surface area contributed by atoms with Crippen molar-refractivity contribution in [2.75, 3.05) is 18.9 Å². The molecule has 3 heteroatoms. The summed E-state index contributed by atoms with van der Waals surface area (Å²) < 4.78 is 11.2. The maximum Gasteiger partial charge on any atom is 0.122 e. The van der Waals surface area contributed by atoms with Gasteiger partial charge in [0.2, 0.25) is 0 Å². The molecule has 0 bridgehead atoms. The van der Waals surface area contributed by atoms with Gasteiger partial charge in [0.25, 0.3) is 0 Å². The van der Waals surface area contributed by atoms with Gasteiger partial charge in [0.15, 0.2) is 0 Å². The molecule has 1 heterocycles. The Hall–Kier alpha value is -1.22. The molecule has 1 fully saturated rings. The van der Waals surface area contributed by atoms with Crippen LogP contribution >= 0.6 is 0 Å². The molecular weight excluding hydrogens is 190 g/mol. The lowest BCUT2D eigenvalue weighted by molar-refractivity contribution is 0.0253. The van der Waals surface area contributed by atoms with E-state index in [-0.39, 0.29) is 0 Å². The number of nitrogen functional groups attached to an aromatic ring is 1. The lowest BCUT2D eigenvalue weighted by Gasteiger charge is -2.24. The Morgan fingerprint density at radius 2 is 2.07 bits per heavy atom. The van der Waals surface area contributed by atoms with Crippen molar-refractivity contribution in [1.82, 2.24) is 0 Å². The summed E-state index contributed by atoms with van der Waals surface area (Å²) in [6.07, 6.45) is 2.24. The summed E-state index contributed by atoms with van der Waals surface area (Å²) in [4.78, 5) is 0. The number of anilines is 1. The minimum atomic E-state index is 0.293. The third-order valence-corrected chi connectivity index (χ3v) is 2.66. The van der Waals surface area contributed by atoms with Crippen LogP contribution in [0.5, 0.6) is 5.75 Å². The minimum absolute atomic E-state index is 0.293. The van der Waals surface area contributed by atoms with Crippen molar-refractivity contribution in [2.24, 2.45) is 0 Å². The molecule has 0 unspecified atom stereocenters. The SMILES string of the molecule is Cc1cc(N)ccc1OC1CCOCC1. The van der Waals surface area contributed by atoms with Gasteiger partial charge in [-0.1, -0.05) is 0 Å². The third-order valence-electron chi connectivity index (χ3n) is 2.66. The second-order valence-electron chi connectivity index (χ2n) is 3.95. The van der Waals surface area contributed by atoms with Crippen LogP contribution in [0.15, 0.2) is 18.2 Å². The first kappa shape index (κ1) is 10.3. The van der Waals surface area contributed by atoms with Crippen LogP contribution in [0.1, 0.15) is 18.4 Å². The topological polar surface area (TPSA) is 44.5 Å². The number of hydrogen-bond acceptors (Lipinski definition) is 3. The van der Waals surface area contributed by atoms with E-state index in [1.54, 1.807) is 0 Å². The van der Waals surface area contributed by atoms with Crippen LogP contribution in [0.25, 0.3) is 0 Å². The highest BCUT2D eigenvalue weighted by Gasteiger charge is 2.15. The van der Waals surface area contributed by atoms with E-state index in [1.165, 1.54) is 0 Å². The van der Waals surface area contributed by atoms with Gasteiger partial charge in [-0.3, -0.25) is 0 Å². The van der Waals surface area contributed by atoms with Crippen molar-refractivity contribution in [2.45, 2.75) is 25.9 Å². The van der Waals surface area contributed by atoms with Crippen molar-refractivity contribution in [3.8, 4) is 5.75 Å². The van der Waals surface area contributed by atoms with Gasteiger partial charge in [-0.25, -0.2) is 0 Å². The number of hydrogen-bond donors (Lipinski definition) is 1. The Kier molecular flexibility index (Phi) is 3.11. The van der Waals surface area contributed by atoms with Crippen molar-refractivity contribution < 1.29 is 9.47 Å². The summed E-state index contributed by atoms with van der Waals surface area (Å²) >= 11 is 0. The average molecular weight is 207 g/mol. The maximum atomic E-state index is 5.91. The van der Waals surface area contributed by atoms with E-state index >= 15 is 0 Å². The smallest absolute Gasteiger partial charge is 0.122 e. The van der Waals surface area contributed by atoms with Crippen LogP contribution in [0.2, 0.25) is 0 Å². The van der Waals surface area contributed by atoms with Gasteiger partial charge >= 0.3 is 0 Å². The van der Waals surface area contributed by atoms with E-state index in [9.17, 15) is 0 Å². The van der Waals surface area contributed by atoms with E-state index in [1.807, 2.05) is 25.1 Å². The summed E-state index contributed by atoms with van der Waals surface area (Å²) in [5.41, 5.74) is 7.57. The Bertz CT molecular complexity index is 332. The molecule has 0 amide bonds. The van der Waals surface area contributed by atoms with Gasteiger partial charge in [-0.15, -0.1) is 0 Å². The van der Waals surface area contributed by atoms with E-state index in [4.69, 9.17) is 15.2 Å². The first-order valence-corrected chi connectivity index (χ1v) is 5.36. The van der Waals surface area contributed by atoms with Crippen molar-refractivity contribution >= 4 is 5.69 Å². The molecule has 0 aliphatic carbocycles. The molecule has 1 aromatic rings. The molecule has 82 valence electrons. The molecule has 1 saturated heterocycles. The second kappa shape index (κ2) is 4.53. The van der Waals surface area contributed by atoms with Crippen LogP contribution < -0.4 is 10.5 Å². The fraction of sp³-hybridized carbons (Fsp3) is 0.500. The van der Waals surface area contributed by atoms with Gasteiger partial charge in [-0.2, -0.15) is 0 Å². The molecule has 0 saturated carbocycles. The first-order chi connectivity index (χ1) is 7.25. The number of ether oxygens (including phenoxy) is 2. The first-order valence-electron chi connectivity index (χ1n) is 5.36. The predicted molar refractivity (Wildman–Crippen MR) is 60.1 cm³/mol. The molecule has 0 atom stereocenters. The van der Waals surface area contributed by atoms with Gasteiger partial charge < -0.3 is 15.2 Å². The number of aryl methyl sites for hydroxylation is 1. The summed E-state index contributed by atoms with van der Waals surface area (Å²) in [5.74, 6) is 0.941. The summed E-state index contributed by atoms with van der Waals surface area (Å²) in [7, 11) is 0. The lowest BCUT2D eigenvalue weighted by Crippen LogP contribution is -2.26. The van der Waals surface area contributed by atoms with E-state index in [0.29, 0.717) is 6.10 Å². The Labute approximate surface area is 90.2 Å². The van der Waals surface area contributed by atoms with Crippen molar-refractivity contribution in [3.05, 3.63) is 23.8 Å². The maximum absolute atomic E-state index is 5.91. The molecule has 1 aliphatic heterocycles. The fourth-order valence-electron chi connectivity index (χ4n) is 1.78. The molecule has 15 heavy (non-hydrogen) atoms. The van der Waals surface area contributed by atoms with Gasteiger partial charge in [0.05, 0.1) is 13.2 Å². The highest BCUT2D eigenvalue weighted by atomic mass is 16.5. The third kappa shape index (κ3) is 2.63. The van der Waals surface area contributed by atoms with Crippen LogP contribution in [-0.4, -0.2) is 19.3 Å². The molecule has 2 N–H and O–H groups in total. The van der Waals surface area contributed by atoms with Crippen LogP contribution in [0.4, 0.5) is 5.69 Å². The summed E-state index contributed by atoms with van der Waals surface area (Å²) in [6, 6.07) is 5.76. The Morgan fingerprint density at radius 3 is 2.73 bits per heavy atom. The van der Waals surface area contributed by atoms with Gasteiger partial charge in [0.1, 0.15) is 11.9 Å². The molecule has 0 spiro atoms. The highest BCUT2D eigenvalue weighted by molar-refractivity contribution is 5.47. The number of nitrogens with two attached hydrogens (primary N) is 1. The minimum Gasteiger partial charge on any atom is -0.490 e. The summed E-state index contributed by atoms with van der Waals surface area (Å²) in [6.45, 7) is 3.63. The van der Waals surface area contributed by atoms with E-state index in [0.717, 1.165) is 43.1 Å². The molecule has 2 rings (SSSR count). The molecule has 1 aliphatic rings. The molecular formula is C12H17NO2. The number of benzene rings is 1. The van der Waals surface area contributed by atoms with Crippen LogP contribution in [0.3, 0.4) is 0 Å². The highest BCUT2D eigenvalue weighted by Crippen LogP contribution is 2.23. The van der Waals surface area contributed by atoms with E-state index < -0.39 is 0 Å². The largest absolute Gasteiger partial charge is 0.490 e. The molecule has 1 aromatic carbocycles.